The van der Waals surface area contributed by atoms with Crippen LogP contribution in [0.4, 0.5) is 0 Å². The molecule has 0 radical (unpaired) electrons. The monoisotopic (exact) mass is 190 g/mol. The highest BCUT2D eigenvalue weighted by molar-refractivity contribution is 5.69. The van der Waals surface area contributed by atoms with Crippen LogP contribution in [0, 0.1) is 13.8 Å². The molecule has 2 nitrogen and oxygen atoms in total. The summed E-state index contributed by atoms with van der Waals surface area (Å²) in [6, 6.07) is 0. The molecule has 1 aromatic heterocycles. The molecule has 1 aliphatic rings. The summed E-state index contributed by atoms with van der Waals surface area (Å²) in [5, 5.41) is 4.46. The Morgan fingerprint density at radius 2 is 2.07 bits per heavy atom. The lowest BCUT2D eigenvalue weighted by molar-refractivity contribution is 0.729. The molecule has 0 saturated heterocycles. The molecule has 0 fully saturated rings. The number of nitrogens with zero attached hydrogens (tertiary/aromatic N) is 2. The Hall–Kier alpha value is -1.05. The van der Waals surface area contributed by atoms with Gasteiger partial charge >= 0.3 is 0 Å². The molecule has 0 N–H and O–H groups in total. The van der Waals surface area contributed by atoms with E-state index in [1.165, 1.54) is 48.2 Å². The van der Waals surface area contributed by atoms with Crippen LogP contribution < -0.4 is 0 Å². The number of aromatic nitrogens is 2. The Labute approximate surface area is 85.6 Å². The van der Waals surface area contributed by atoms with Crippen LogP contribution in [0.1, 0.15) is 42.6 Å². The van der Waals surface area contributed by atoms with E-state index in [1.54, 1.807) is 0 Å². The molecule has 0 unspecified atom stereocenters. The zero-order valence-corrected chi connectivity index (χ0v) is 9.30. The maximum atomic E-state index is 4.46. The van der Waals surface area contributed by atoms with Crippen molar-refractivity contribution in [2.45, 2.75) is 39.5 Å². The average molecular weight is 190 g/mol. The van der Waals surface area contributed by atoms with Gasteiger partial charge in [-0.05, 0) is 45.1 Å². The smallest absolute Gasteiger partial charge is 0.0671 e. The zero-order valence-electron chi connectivity index (χ0n) is 9.30. The van der Waals surface area contributed by atoms with E-state index >= 15 is 0 Å². The van der Waals surface area contributed by atoms with Crippen molar-refractivity contribution in [3.05, 3.63) is 23.0 Å². The summed E-state index contributed by atoms with van der Waals surface area (Å²) in [6.45, 7) is 4.27. The van der Waals surface area contributed by atoms with Crippen molar-refractivity contribution < 1.29 is 0 Å². The Bertz CT molecular complexity index is 372. The predicted molar refractivity (Wildman–Crippen MR) is 59.1 cm³/mol. The van der Waals surface area contributed by atoms with E-state index in [0.29, 0.717) is 0 Å². The summed E-state index contributed by atoms with van der Waals surface area (Å²) >= 11 is 0. The fraction of sp³-hybridized carbons (Fsp3) is 0.583. The molecular weight excluding hydrogens is 172 g/mol. The van der Waals surface area contributed by atoms with Crippen molar-refractivity contribution in [2.24, 2.45) is 7.05 Å². The highest BCUT2D eigenvalue weighted by Gasteiger charge is 2.14. The minimum Gasteiger partial charge on any atom is -0.272 e. The fourth-order valence-corrected chi connectivity index (χ4v) is 2.30. The van der Waals surface area contributed by atoms with Gasteiger partial charge in [0.15, 0.2) is 0 Å². The average Bonchev–Trinajstić information content (AvgIpc) is 2.43. The standard InChI is InChI=1S/C12H18N2/c1-9-12(10(2)14(3)13-9)11-7-5-4-6-8-11/h7H,4-6,8H2,1-3H3. The number of allylic oxidation sites excluding steroid dienone is 2. The summed E-state index contributed by atoms with van der Waals surface area (Å²) in [7, 11) is 2.02. The molecule has 1 aliphatic carbocycles. The van der Waals surface area contributed by atoms with Crippen molar-refractivity contribution in [3.8, 4) is 0 Å². The maximum Gasteiger partial charge on any atom is 0.0671 e. The second-order valence-electron chi connectivity index (χ2n) is 4.14. The highest BCUT2D eigenvalue weighted by atomic mass is 15.3. The third-order valence-electron chi connectivity index (χ3n) is 3.12. The van der Waals surface area contributed by atoms with Crippen LogP contribution >= 0.6 is 0 Å². The lowest BCUT2D eigenvalue weighted by Gasteiger charge is -2.12. The van der Waals surface area contributed by atoms with Crippen LogP contribution in [-0.2, 0) is 7.05 Å². The van der Waals surface area contributed by atoms with Gasteiger partial charge in [-0.1, -0.05) is 6.08 Å². The van der Waals surface area contributed by atoms with E-state index in [9.17, 15) is 0 Å². The van der Waals surface area contributed by atoms with Crippen LogP contribution in [0.2, 0.25) is 0 Å². The third-order valence-corrected chi connectivity index (χ3v) is 3.12. The van der Waals surface area contributed by atoms with Gasteiger partial charge in [-0.2, -0.15) is 5.10 Å². The van der Waals surface area contributed by atoms with Gasteiger partial charge in [0.05, 0.1) is 5.69 Å². The van der Waals surface area contributed by atoms with Crippen molar-refractivity contribution in [1.29, 1.82) is 0 Å². The van der Waals surface area contributed by atoms with Gasteiger partial charge in [-0.3, -0.25) is 4.68 Å². The van der Waals surface area contributed by atoms with Gasteiger partial charge < -0.3 is 0 Å². The van der Waals surface area contributed by atoms with Gasteiger partial charge in [0, 0.05) is 18.3 Å². The summed E-state index contributed by atoms with van der Waals surface area (Å²) in [6.07, 6.45) is 7.54. The first-order valence-corrected chi connectivity index (χ1v) is 5.39. The van der Waals surface area contributed by atoms with Gasteiger partial charge in [-0.25, -0.2) is 0 Å². The summed E-state index contributed by atoms with van der Waals surface area (Å²) in [5.74, 6) is 0. The molecule has 76 valence electrons. The Balaban J connectivity index is 2.44. The summed E-state index contributed by atoms with van der Waals surface area (Å²) in [4.78, 5) is 0. The third kappa shape index (κ3) is 1.49. The van der Waals surface area contributed by atoms with Crippen LogP contribution in [0.15, 0.2) is 6.08 Å². The molecule has 0 atom stereocenters. The van der Waals surface area contributed by atoms with E-state index in [2.05, 4.69) is 25.0 Å². The van der Waals surface area contributed by atoms with Crippen LogP contribution in [0.3, 0.4) is 0 Å². The number of rotatable bonds is 1. The Kier molecular flexibility index (Phi) is 2.44. The molecule has 0 aromatic carbocycles. The maximum absolute atomic E-state index is 4.46. The van der Waals surface area contributed by atoms with E-state index in [1.807, 2.05) is 11.7 Å². The molecular formula is C12H18N2. The molecule has 2 heteroatoms. The zero-order chi connectivity index (χ0) is 10.1. The fourth-order valence-electron chi connectivity index (χ4n) is 2.30. The molecule has 0 saturated carbocycles. The molecule has 2 rings (SSSR count). The predicted octanol–water partition coefficient (Wildman–Crippen LogP) is 2.99. The lowest BCUT2D eigenvalue weighted by Crippen LogP contribution is -1.96. The van der Waals surface area contributed by atoms with Crippen molar-refractivity contribution >= 4 is 5.57 Å². The van der Waals surface area contributed by atoms with Gasteiger partial charge in [0.25, 0.3) is 0 Å². The van der Waals surface area contributed by atoms with E-state index in [4.69, 9.17) is 0 Å². The molecule has 14 heavy (non-hydrogen) atoms. The molecule has 1 heterocycles. The summed E-state index contributed by atoms with van der Waals surface area (Å²) < 4.78 is 1.99. The summed E-state index contributed by atoms with van der Waals surface area (Å²) in [5.41, 5.74) is 5.39. The van der Waals surface area contributed by atoms with Crippen molar-refractivity contribution in [1.82, 2.24) is 9.78 Å². The van der Waals surface area contributed by atoms with Crippen LogP contribution in [-0.4, -0.2) is 9.78 Å². The number of hydrogen-bond donors (Lipinski definition) is 0. The van der Waals surface area contributed by atoms with Crippen LogP contribution in [0.25, 0.3) is 5.57 Å². The number of hydrogen-bond acceptors (Lipinski definition) is 1. The molecule has 0 bridgehead atoms. The SMILES string of the molecule is Cc1nn(C)c(C)c1C1=CCCCC1. The lowest BCUT2D eigenvalue weighted by atomic mass is 9.92. The van der Waals surface area contributed by atoms with E-state index in [0.717, 1.165) is 0 Å². The second-order valence-corrected chi connectivity index (χ2v) is 4.14. The quantitative estimate of drug-likeness (QED) is 0.665. The van der Waals surface area contributed by atoms with Crippen molar-refractivity contribution in [2.75, 3.05) is 0 Å². The van der Waals surface area contributed by atoms with E-state index < -0.39 is 0 Å². The largest absolute Gasteiger partial charge is 0.272 e. The minimum absolute atomic E-state index is 1.18. The molecule has 0 amide bonds. The van der Waals surface area contributed by atoms with Crippen molar-refractivity contribution in [3.63, 3.8) is 0 Å². The number of aryl methyl sites for hydroxylation is 2. The van der Waals surface area contributed by atoms with E-state index in [-0.39, 0.29) is 0 Å². The normalized spacial score (nSPS) is 16.9. The first kappa shape index (κ1) is 9.50. The molecule has 0 spiro atoms. The first-order valence-electron chi connectivity index (χ1n) is 5.39. The van der Waals surface area contributed by atoms with Gasteiger partial charge in [0.2, 0.25) is 0 Å². The molecule has 1 aromatic rings. The topological polar surface area (TPSA) is 17.8 Å². The van der Waals surface area contributed by atoms with Crippen LogP contribution in [0.5, 0.6) is 0 Å². The molecule has 0 aliphatic heterocycles. The second kappa shape index (κ2) is 3.60. The highest BCUT2D eigenvalue weighted by Crippen LogP contribution is 2.30. The first-order chi connectivity index (χ1) is 6.70. The van der Waals surface area contributed by atoms with Gasteiger partial charge in [0.1, 0.15) is 0 Å². The minimum atomic E-state index is 1.18. The Morgan fingerprint density at radius 1 is 1.29 bits per heavy atom. The Morgan fingerprint density at radius 3 is 2.57 bits per heavy atom. The van der Waals surface area contributed by atoms with Gasteiger partial charge in [-0.15, -0.1) is 0 Å².